The van der Waals surface area contributed by atoms with Gasteiger partial charge >= 0.3 is 0 Å². The molecular formula is C23H22N4O3S2. The average molecular weight is 467 g/mol. The summed E-state index contributed by atoms with van der Waals surface area (Å²) in [5.74, 6) is -0.130. The van der Waals surface area contributed by atoms with Gasteiger partial charge in [-0.3, -0.25) is 14.4 Å². The Morgan fingerprint density at radius 1 is 1.16 bits per heavy atom. The summed E-state index contributed by atoms with van der Waals surface area (Å²) in [6, 6.07) is 15.3. The molecule has 0 saturated carbocycles. The van der Waals surface area contributed by atoms with E-state index in [2.05, 4.69) is 15.6 Å². The Hall–Kier alpha value is -3.17. The third-order valence-corrected chi connectivity index (χ3v) is 6.79. The van der Waals surface area contributed by atoms with Crippen LogP contribution in [0.15, 0.2) is 58.8 Å². The second-order valence-electron chi connectivity index (χ2n) is 7.37. The van der Waals surface area contributed by atoms with E-state index in [1.165, 1.54) is 34.9 Å². The topological polar surface area (TPSA) is 91.4 Å². The van der Waals surface area contributed by atoms with Crippen LogP contribution in [-0.4, -0.2) is 35.0 Å². The van der Waals surface area contributed by atoms with Crippen molar-refractivity contribution in [2.45, 2.75) is 24.8 Å². The molecule has 0 spiro atoms. The number of para-hydroxylation sites is 1. The lowest BCUT2D eigenvalue weighted by atomic mass is 10.1. The molecule has 1 aliphatic rings. The number of rotatable bonds is 6. The number of thiazole rings is 1. The van der Waals surface area contributed by atoms with Gasteiger partial charge in [-0.2, -0.15) is 0 Å². The highest BCUT2D eigenvalue weighted by molar-refractivity contribution is 8.00. The lowest BCUT2D eigenvalue weighted by Gasteiger charge is -2.28. The predicted molar refractivity (Wildman–Crippen MR) is 128 cm³/mol. The van der Waals surface area contributed by atoms with Gasteiger partial charge in [0, 0.05) is 22.8 Å². The lowest BCUT2D eigenvalue weighted by Crippen LogP contribution is -2.41. The molecule has 2 N–H and O–H groups in total. The zero-order valence-electron chi connectivity index (χ0n) is 17.6. The summed E-state index contributed by atoms with van der Waals surface area (Å²) < 4.78 is 0. The number of fused-ring (bicyclic) bond motifs is 1. The van der Waals surface area contributed by atoms with Gasteiger partial charge in [-0.05, 0) is 24.6 Å². The van der Waals surface area contributed by atoms with E-state index in [1.54, 1.807) is 0 Å². The molecule has 1 unspecified atom stereocenters. The fourth-order valence-corrected chi connectivity index (χ4v) is 5.10. The van der Waals surface area contributed by atoms with Crippen molar-refractivity contribution in [3.05, 3.63) is 59.5 Å². The van der Waals surface area contributed by atoms with Crippen molar-refractivity contribution in [2.24, 2.45) is 0 Å². The maximum absolute atomic E-state index is 12.6. The molecule has 32 heavy (non-hydrogen) atoms. The fourth-order valence-electron chi connectivity index (χ4n) is 3.42. The van der Waals surface area contributed by atoms with E-state index in [0.29, 0.717) is 10.9 Å². The van der Waals surface area contributed by atoms with Gasteiger partial charge in [0.25, 0.3) is 0 Å². The first kappa shape index (κ1) is 22.0. The van der Waals surface area contributed by atoms with Crippen molar-refractivity contribution >= 4 is 51.6 Å². The first-order valence-corrected chi connectivity index (χ1v) is 11.9. The summed E-state index contributed by atoms with van der Waals surface area (Å²) >= 11 is 2.82. The van der Waals surface area contributed by atoms with Gasteiger partial charge in [-0.25, -0.2) is 4.98 Å². The largest absolute Gasteiger partial charge is 0.350 e. The minimum Gasteiger partial charge on any atom is -0.350 e. The van der Waals surface area contributed by atoms with Crippen LogP contribution in [0, 0.1) is 0 Å². The minimum absolute atomic E-state index is 0.0545. The number of nitrogens with one attached hydrogen (secondary N) is 2. The van der Waals surface area contributed by atoms with Crippen molar-refractivity contribution in [1.29, 1.82) is 0 Å². The highest BCUT2D eigenvalue weighted by atomic mass is 32.2. The summed E-state index contributed by atoms with van der Waals surface area (Å²) in [5.41, 5.74) is 3.42. The lowest BCUT2D eigenvalue weighted by molar-refractivity contribution is -0.120. The molecule has 0 aliphatic carbocycles. The number of thioether (sulfide) groups is 1. The van der Waals surface area contributed by atoms with Crippen LogP contribution >= 0.6 is 23.1 Å². The molecule has 0 saturated heterocycles. The zero-order valence-corrected chi connectivity index (χ0v) is 19.3. The summed E-state index contributed by atoms with van der Waals surface area (Å²) in [6.45, 7) is 3.37. The van der Waals surface area contributed by atoms with Gasteiger partial charge in [-0.1, -0.05) is 36.4 Å². The van der Waals surface area contributed by atoms with Crippen molar-refractivity contribution in [2.75, 3.05) is 22.5 Å². The Morgan fingerprint density at radius 3 is 2.66 bits per heavy atom. The third kappa shape index (κ3) is 5.00. The molecule has 9 heteroatoms. The smallest absolute Gasteiger partial charge is 0.246 e. The number of hydrogen-bond donors (Lipinski definition) is 2. The van der Waals surface area contributed by atoms with Crippen LogP contribution in [0.3, 0.4) is 0 Å². The third-order valence-electron chi connectivity index (χ3n) is 4.99. The maximum atomic E-state index is 12.6. The second-order valence-corrected chi connectivity index (χ2v) is 9.24. The molecule has 0 radical (unpaired) electrons. The van der Waals surface area contributed by atoms with Crippen LogP contribution < -0.4 is 15.5 Å². The van der Waals surface area contributed by atoms with Crippen LogP contribution in [0.25, 0.3) is 11.3 Å². The van der Waals surface area contributed by atoms with Gasteiger partial charge in [0.2, 0.25) is 17.7 Å². The number of carbonyl (C=O) groups excluding carboxylic acids is 3. The zero-order chi connectivity index (χ0) is 22.7. The number of anilines is 2. The van der Waals surface area contributed by atoms with E-state index in [1.807, 2.05) is 60.8 Å². The molecule has 0 bridgehead atoms. The Kier molecular flexibility index (Phi) is 6.57. The fraction of sp³-hybridized carbons (Fsp3) is 0.217. The summed E-state index contributed by atoms with van der Waals surface area (Å²) in [6.07, 6.45) is 0. The van der Waals surface area contributed by atoms with E-state index >= 15 is 0 Å². The molecular weight excluding hydrogens is 444 g/mol. The Labute approximate surface area is 194 Å². The van der Waals surface area contributed by atoms with Gasteiger partial charge < -0.3 is 15.5 Å². The van der Waals surface area contributed by atoms with E-state index in [4.69, 9.17) is 0 Å². The Balaban J connectivity index is 1.41. The van der Waals surface area contributed by atoms with E-state index < -0.39 is 0 Å². The van der Waals surface area contributed by atoms with Gasteiger partial charge in [0.05, 0.1) is 23.2 Å². The highest BCUT2D eigenvalue weighted by Crippen LogP contribution is 2.35. The van der Waals surface area contributed by atoms with Crippen molar-refractivity contribution in [3.63, 3.8) is 0 Å². The normalized spacial score (nSPS) is 13.9. The summed E-state index contributed by atoms with van der Waals surface area (Å²) in [7, 11) is 0. The summed E-state index contributed by atoms with van der Waals surface area (Å²) in [5, 5.41) is 8.01. The standard InChI is InChI=1S/C23H22N4O3S2/c1-14(24-15(2)28)16-7-9-17(10-8-16)18-12-32-23(25-18)26-21(29)11-27-19-5-3-4-6-20(19)31-13-22(27)30/h3-10,12,14H,11,13H2,1-2H3,(H,24,28)(H,25,26,29). The number of amides is 3. The van der Waals surface area contributed by atoms with Crippen LogP contribution in [-0.2, 0) is 14.4 Å². The SMILES string of the molecule is CC(=O)NC(C)c1ccc(-c2csc(NC(=O)CN3C(=O)CSc4ccccc43)n2)cc1. The first-order valence-electron chi connectivity index (χ1n) is 10.1. The van der Waals surface area contributed by atoms with Gasteiger partial charge in [0.15, 0.2) is 5.13 Å². The summed E-state index contributed by atoms with van der Waals surface area (Å²) in [4.78, 5) is 43.2. The molecule has 0 fully saturated rings. The molecule has 3 amide bonds. The number of hydrogen-bond acceptors (Lipinski definition) is 6. The van der Waals surface area contributed by atoms with Crippen LogP contribution in [0.5, 0.6) is 0 Å². The van der Waals surface area contributed by atoms with Crippen molar-refractivity contribution in [3.8, 4) is 11.3 Å². The van der Waals surface area contributed by atoms with Gasteiger partial charge in [-0.15, -0.1) is 23.1 Å². The molecule has 2 heterocycles. The number of aromatic nitrogens is 1. The number of nitrogens with zero attached hydrogens (tertiary/aromatic N) is 2. The van der Waals surface area contributed by atoms with E-state index in [-0.39, 0.29) is 30.3 Å². The highest BCUT2D eigenvalue weighted by Gasteiger charge is 2.26. The molecule has 2 aromatic carbocycles. The maximum Gasteiger partial charge on any atom is 0.246 e. The first-order chi connectivity index (χ1) is 15.4. The quantitative estimate of drug-likeness (QED) is 0.571. The minimum atomic E-state index is -0.291. The molecule has 4 rings (SSSR count). The van der Waals surface area contributed by atoms with E-state index in [9.17, 15) is 14.4 Å². The molecule has 164 valence electrons. The molecule has 1 aliphatic heterocycles. The van der Waals surface area contributed by atoms with E-state index in [0.717, 1.165) is 27.4 Å². The molecule has 1 atom stereocenters. The van der Waals surface area contributed by atoms with Gasteiger partial charge in [0.1, 0.15) is 6.54 Å². The van der Waals surface area contributed by atoms with Crippen LogP contribution in [0.1, 0.15) is 25.5 Å². The van der Waals surface area contributed by atoms with Crippen molar-refractivity contribution < 1.29 is 14.4 Å². The Bertz CT molecular complexity index is 1160. The van der Waals surface area contributed by atoms with Crippen LogP contribution in [0.4, 0.5) is 10.8 Å². The average Bonchev–Trinajstić information content (AvgIpc) is 3.24. The van der Waals surface area contributed by atoms with Crippen LogP contribution in [0.2, 0.25) is 0 Å². The predicted octanol–water partition coefficient (Wildman–Crippen LogP) is 4.08. The van der Waals surface area contributed by atoms with Crippen molar-refractivity contribution in [1.82, 2.24) is 10.3 Å². The number of carbonyl (C=O) groups is 3. The molecule has 1 aromatic heterocycles. The monoisotopic (exact) mass is 466 g/mol. The second kappa shape index (κ2) is 9.54. The molecule has 7 nitrogen and oxygen atoms in total. The number of benzene rings is 2. The Morgan fingerprint density at radius 2 is 1.91 bits per heavy atom. The molecule has 3 aromatic rings.